The van der Waals surface area contributed by atoms with E-state index in [-0.39, 0.29) is 5.92 Å². The number of hydrogen-bond donors (Lipinski definition) is 3. The van der Waals surface area contributed by atoms with E-state index >= 15 is 0 Å². The third kappa shape index (κ3) is 2.58. The summed E-state index contributed by atoms with van der Waals surface area (Å²) in [4.78, 5) is 3.75. The molecule has 4 nitrogen and oxygen atoms in total. The summed E-state index contributed by atoms with van der Waals surface area (Å²) in [5.41, 5.74) is 5.97. The first-order valence-electron chi connectivity index (χ1n) is 7.12. The molecule has 3 atom stereocenters. The first-order valence-corrected chi connectivity index (χ1v) is 7.12. The third-order valence-corrected chi connectivity index (χ3v) is 4.51. The van der Waals surface area contributed by atoms with E-state index in [0.717, 1.165) is 17.5 Å². The summed E-state index contributed by atoms with van der Waals surface area (Å²) in [5.74, 6) is 2.06. The third-order valence-electron chi connectivity index (χ3n) is 4.51. The average molecular weight is 250 g/mol. The summed E-state index contributed by atoms with van der Waals surface area (Å²) in [6.45, 7) is 5.50. The number of hydrogen-bond acceptors (Lipinski definition) is 2. The van der Waals surface area contributed by atoms with Gasteiger partial charge in [0.15, 0.2) is 0 Å². The van der Waals surface area contributed by atoms with Gasteiger partial charge in [-0.1, -0.05) is 20.3 Å². The SMILES string of the molecule is C1C[C@@H]2CCC23N[C@H]3C1.CC(N)=NC(=N)C(C)C. The van der Waals surface area contributed by atoms with Crippen LogP contribution in [0.4, 0.5) is 0 Å². The lowest BCUT2D eigenvalue weighted by atomic mass is 9.65. The molecule has 1 heterocycles. The second kappa shape index (κ2) is 5.00. The molecule has 1 aliphatic heterocycles. The number of nitrogens with zero attached hydrogens (tertiary/aromatic N) is 1. The molecule has 0 aromatic rings. The second-order valence-corrected chi connectivity index (χ2v) is 6.20. The average Bonchev–Trinajstić information content (AvgIpc) is 2.99. The summed E-state index contributed by atoms with van der Waals surface area (Å²) >= 11 is 0. The Morgan fingerprint density at radius 1 is 1.39 bits per heavy atom. The van der Waals surface area contributed by atoms with Gasteiger partial charge in [0.25, 0.3) is 0 Å². The van der Waals surface area contributed by atoms with Crippen molar-refractivity contribution in [1.82, 2.24) is 5.32 Å². The highest BCUT2D eigenvalue weighted by molar-refractivity contribution is 5.94. The van der Waals surface area contributed by atoms with Crippen LogP contribution in [0.3, 0.4) is 0 Å². The Labute approximate surface area is 110 Å². The summed E-state index contributed by atoms with van der Waals surface area (Å²) in [7, 11) is 0. The van der Waals surface area contributed by atoms with Crippen LogP contribution in [0.25, 0.3) is 0 Å². The number of amidine groups is 2. The van der Waals surface area contributed by atoms with Crippen LogP contribution in [0.1, 0.15) is 52.9 Å². The molecule has 18 heavy (non-hydrogen) atoms. The number of rotatable bonds is 1. The van der Waals surface area contributed by atoms with E-state index in [4.69, 9.17) is 11.1 Å². The monoisotopic (exact) mass is 250 g/mol. The molecule has 0 radical (unpaired) electrons. The highest BCUT2D eigenvalue weighted by atomic mass is 15.2. The van der Waals surface area contributed by atoms with Gasteiger partial charge in [0.2, 0.25) is 0 Å². The van der Waals surface area contributed by atoms with E-state index in [1.54, 1.807) is 6.92 Å². The van der Waals surface area contributed by atoms with Gasteiger partial charge in [0.1, 0.15) is 5.84 Å². The lowest BCUT2D eigenvalue weighted by molar-refractivity contribution is 0.172. The number of aliphatic imine (C=N–C) groups is 1. The molecule has 102 valence electrons. The predicted molar refractivity (Wildman–Crippen MR) is 76.1 cm³/mol. The van der Waals surface area contributed by atoms with Crippen LogP contribution in [-0.2, 0) is 0 Å². The van der Waals surface area contributed by atoms with E-state index in [9.17, 15) is 0 Å². The topological polar surface area (TPSA) is 84.2 Å². The minimum absolute atomic E-state index is 0.170. The standard InChI is InChI=1S/C8H13N.C6H13N3/c1-2-6-4-5-8(6)7(3-1)9-8;1-4(2)6(8)9-5(3)7/h6-7,9H,1-5H2;4H,1-3H3,(H3,7,8,9)/t6-,7+,8?;/m1./s1. The van der Waals surface area contributed by atoms with Crippen molar-refractivity contribution in [3.05, 3.63) is 0 Å². The molecule has 4 N–H and O–H groups in total. The Balaban J connectivity index is 0.000000134. The van der Waals surface area contributed by atoms with Crippen LogP contribution in [0.5, 0.6) is 0 Å². The molecule has 3 aliphatic rings. The fourth-order valence-corrected chi connectivity index (χ4v) is 3.21. The fraction of sp³-hybridized carbons (Fsp3) is 0.857. The van der Waals surface area contributed by atoms with Gasteiger partial charge in [0, 0.05) is 17.5 Å². The van der Waals surface area contributed by atoms with Gasteiger partial charge in [-0.05, 0) is 38.5 Å². The van der Waals surface area contributed by atoms with Crippen molar-refractivity contribution >= 4 is 11.7 Å². The van der Waals surface area contributed by atoms with Gasteiger partial charge in [-0.25, -0.2) is 4.99 Å². The van der Waals surface area contributed by atoms with E-state index < -0.39 is 0 Å². The molecule has 2 aliphatic carbocycles. The Morgan fingerprint density at radius 3 is 2.44 bits per heavy atom. The smallest absolute Gasteiger partial charge is 0.125 e. The maximum absolute atomic E-state index is 7.21. The highest BCUT2D eigenvalue weighted by Gasteiger charge is 2.64. The lowest BCUT2D eigenvalue weighted by Crippen LogP contribution is -2.41. The molecule has 0 amide bonds. The fourth-order valence-electron chi connectivity index (χ4n) is 3.21. The summed E-state index contributed by atoms with van der Waals surface area (Å²) in [5, 5.41) is 10.8. The summed E-state index contributed by atoms with van der Waals surface area (Å²) in [6, 6.07) is 0.963. The van der Waals surface area contributed by atoms with E-state index in [1.807, 2.05) is 13.8 Å². The Hall–Kier alpha value is -0.900. The van der Waals surface area contributed by atoms with Crippen LogP contribution < -0.4 is 11.1 Å². The van der Waals surface area contributed by atoms with Gasteiger partial charge >= 0.3 is 0 Å². The maximum Gasteiger partial charge on any atom is 0.125 e. The maximum atomic E-state index is 7.21. The quantitative estimate of drug-likeness (QED) is 0.379. The molecule has 0 aromatic carbocycles. The molecule has 3 rings (SSSR count). The Kier molecular flexibility index (Phi) is 3.76. The normalized spacial score (nSPS) is 36.8. The summed E-state index contributed by atoms with van der Waals surface area (Å²) < 4.78 is 0. The zero-order valence-electron chi connectivity index (χ0n) is 11.8. The van der Waals surface area contributed by atoms with Crippen molar-refractivity contribution in [2.45, 2.75) is 64.5 Å². The second-order valence-electron chi connectivity index (χ2n) is 6.20. The zero-order chi connectivity index (χ0) is 13.3. The van der Waals surface area contributed by atoms with Crippen LogP contribution in [-0.4, -0.2) is 23.3 Å². The molecular formula is C14H26N4. The van der Waals surface area contributed by atoms with Crippen molar-refractivity contribution in [2.75, 3.05) is 0 Å². The van der Waals surface area contributed by atoms with Crippen LogP contribution in [0.15, 0.2) is 4.99 Å². The van der Waals surface area contributed by atoms with Crippen LogP contribution >= 0.6 is 0 Å². The molecular weight excluding hydrogens is 224 g/mol. The van der Waals surface area contributed by atoms with E-state index in [1.165, 1.54) is 32.1 Å². The molecule has 4 heteroatoms. The van der Waals surface area contributed by atoms with Gasteiger partial charge in [0.05, 0.1) is 5.84 Å². The number of nitrogens with two attached hydrogens (primary N) is 1. The molecule has 1 unspecified atom stereocenters. The van der Waals surface area contributed by atoms with Crippen molar-refractivity contribution in [2.24, 2.45) is 22.6 Å². The molecule has 0 aromatic heterocycles. The first-order chi connectivity index (χ1) is 8.45. The van der Waals surface area contributed by atoms with Gasteiger partial charge in [-0.2, -0.15) is 0 Å². The largest absolute Gasteiger partial charge is 0.387 e. The molecule has 1 spiro atoms. The minimum atomic E-state index is 0.170. The molecule has 0 bridgehead atoms. The van der Waals surface area contributed by atoms with E-state index in [2.05, 4.69) is 10.3 Å². The number of nitrogens with one attached hydrogen (secondary N) is 2. The zero-order valence-corrected chi connectivity index (χ0v) is 11.8. The van der Waals surface area contributed by atoms with E-state index in [0.29, 0.717) is 11.7 Å². The molecule has 1 saturated heterocycles. The predicted octanol–water partition coefficient (Wildman–Crippen LogP) is 2.29. The first kappa shape index (κ1) is 13.5. The summed E-state index contributed by atoms with van der Waals surface area (Å²) in [6.07, 6.45) is 7.48. The van der Waals surface area contributed by atoms with Crippen molar-refractivity contribution < 1.29 is 0 Å². The minimum Gasteiger partial charge on any atom is -0.387 e. The highest BCUT2D eigenvalue weighted by Crippen LogP contribution is 2.56. The Morgan fingerprint density at radius 2 is 2.11 bits per heavy atom. The van der Waals surface area contributed by atoms with Crippen molar-refractivity contribution in [3.8, 4) is 0 Å². The molecule has 3 fully saturated rings. The van der Waals surface area contributed by atoms with Gasteiger partial charge < -0.3 is 11.1 Å². The van der Waals surface area contributed by atoms with Crippen molar-refractivity contribution in [1.29, 1.82) is 5.41 Å². The van der Waals surface area contributed by atoms with Crippen LogP contribution in [0, 0.1) is 17.2 Å². The van der Waals surface area contributed by atoms with Crippen LogP contribution in [0.2, 0.25) is 0 Å². The lowest BCUT2D eigenvalue weighted by Gasteiger charge is -2.39. The Bertz CT molecular complexity index is 357. The van der Waals surface area contributed by atoms with Gasteiger partial charge in [-0.3, -0.25) is 5.41 Å². The molecule has 2 saturated carbocycles. The van der Waals surface area contributed by atoms with Crippen molar-refractivity contribution in [3.63, 3.8) is 0 Å². The van der Waals surface area contributed by atoms with Gasteiger partial charge in [-0.15, -0.1) is 0 Å².